The van der Waals surface area contributed by atoms with E-state index in [4.69, 9.17) is 0 Å². The summed E-state index contributed by atoms with van der Waals surface area (Å²) in [6, 6.07) is 0. The van der Waals surface area contributed by atoms with E-state index >= 15 is 0 Å². The molecule has 0 aromatic heterocycles. The van der Waals surface area contributed by atoms with Gasteiger partial charge in [-0.25, -0.2) is 0 Å². The molecule has 0 heterocycles. The van der Waals surface area contributed by atoms with E-state index < -0.39 is 0 Å². The third-order valence-electron chi connectivity index (χ3n) is 3.12. The summed E-state index contributed by atoms with van der Waals surface area (Å²) in [5.74, 6) is 1.83. The molecule has 0 rings (SSSR count). The standard InChI is InChI=1S/C12H27N/c1-5-11(3)7-9-13-10-8-12(4)6-2/h11-13H,5-10H2,1-4H3/p+1. The van der Waals surface area contributed by atoms with E-state index in [0.29, 0.717) is 0 Å². The van der Waals surface area contributed by atoms with Crippen LogP contribution in [0.25, 0.3) is 0 Å². The van der Waals surface area contributed by atoms with Crippen molar-refractivity contribution in [1.29, 1.82) is 0 Å². The largest absolute Gasteiger partial charge is 0.346 e. The van der Waals surface area contributed by atoms with E-state index in [1.807, 2.05) is 0 Å². The molecule has 0 radical (unpaired) electrons. The fourth-order valence-corrected chi connectivity index (χ4v) is 1.36. The first-order chi connectivity index (χ1) is 6.20. The van der Waals surface area contributed by atoms with Crippen molar-refractivity contribution in [2.45, 2.75) is 53.4 Å². The van der Waals surface area contributed by atoms with Crippen molar-refractivity contribution in [3.63, 3.8) is 0 Å². The molecule has 0 amide bonds. The molecule has 0 aliphatic rings. The third-order valence-corrected chi connectivity index (χ3v) is 3.12. The summed E-state index contributed by atoms with van der Waals surface area (Å²) in [5.41, 5.74) is 0. The minimum atomic E-state index is 0.917. The van der Waals surface area contributed by atoms with Crippen molar-refractivity contribution in [3.05, 3.63) is 0 Å². The smallest absolute Gasteiger partial charge is 0.0757 e. The molecule has 0 saturated carbocycles. The molecular weight excluding hydrogens is 158 g/mol. The minimum absolute atomic E-state index is 0.917. The highest BCUT2D eigenvalue weighted by atomic mass is 14.8. The molecule has 0 spiro atoms. The van der Waals surface area contributed by atoms with E-state index in [9.17, 15) is 0 Å². The van der Waals surface area contributed by atoms with Gasteiger partial charge in [-0.2, -0.15) is 0 Å². The molecule has 0 saturated heterocycles. The molecule has 0 aliphatic carbocycles. The van der Waals surface area contributed by atoms with Crippen molar-refractivity contribution >= 4 is 0 Å². The minimum Gasteiger partial charge on any atom is -0.346 e. The summed E-state index contributed by atoms with van der Waals surface area (Å²) >= 11 is 0. The summed E-state index contributed by atoms with van der Waals surface area (Å²) in [6.07, 6.45) is 5.44. The lowest BCUT2D eigenvalue weighted by Gasteiger charge is -2.09. The Balaban J connectivity index is 3.08. The maximum absolute atomic E-state index is 2.48. The first-order valence-electron chi connectivity index (χ1n) is 6.02. The lowest BCUT2D eigenvalue weighted by atomic mass is 10.0. The highest BCUT2D eigenvalue weighted by Crippen LogP contribution is 2.04. The van der Waals surface area contributed by atoms with Gasteiger partial charge in [0.1, 0.15) is 0 Å². The monoisotopic (exact) mass is 186 g/mol. The highest BCUT2D eigenvalue weighted by Gasteiger charge is 2.01. The quantitative estimate of drug-likeness (QED) is 0.561. The Morgan fingerprint density at radius 2 is 1.23 bits per heavy atom. The van der Waals surface area contributed by atoms with Gasteiger partial charge in [0.15, 0.2) is 0 Å². The van der Waals surface area contributed by atoms with Gasteiger partial charge in [0.05, 0.1) is 13.1 Å². The van der Waals surface area contributed by atoms with Crippen LogP contribution < -0.4 is 5.32 Å². The Bertz CT molecular complexity index is 89.3. The summed E-state index contributed by atoms with van der Waals surface area (Å²) in [7, 11) is 0. The van der Waals surface area contributed by atoms with Gasteiger partial charge < -0.3 is 5.32 Å². The molecule has 2 N–H and O–H groups in total. The van der Waals surface area contributed by atoms with Crippen LogP contribution in [0.4, 0.5) is 0 Å². The predicted octanol–water partition coefficient (Wildman–Crippen LogP) is 2.42. The Labute approximate surface area is 84.3 Å². The number of rotatable bonds is 8. The summed E-state index contributed by atoms with van der Waals surface area (Å²) in [4.78, 5) is 0. The molecule has 80 valence electrons. The Kier molecular flexibility index (Phi) is 8.53. The lowest BCUT2D eigenvalue weighted by Crippen LogP contribution is -2.84. The van der Waals surface area contributed by atoms with E-state index in [1.54, 1.807) is 0 Å². The van der Waals surface area contributed by atoms with Gasteiger partial charge in [0, 0.05) is 0 Å². The van der Waals surface area contributed by atoms with Crippen LogP contribution >= 0.6 is 0 Å². The molecule has 1 nitrogen and oxygen atoms in total. The molecule has 0 bridgehead atoms. The molecule has 1 heteroatoms. The highest BCUT2D eigenvalue weighted by molar-refractivity contribution is 4.48. The zero-order chi connectivity index (χ0) is 10.1. The maximum Gasteiger partial charge on any atom is 0.0757 e. The molecule has 2 atom stereocenters. The van der Waals surface area contributed by atoms with Crippen LogP contribution in [0, 0.1) is 11.8 Å². The lowest BCUT2D eigenvalue weighted by molar-refractivity contribution is -0.656. The van der Waals surface area contributed by atoms with E-state index in [1.165, 1.54) is 38.8 Å². The molecule has 0 aliphatic heterocycles. The zero-order valence-electron chi connectivity index (χ0n) is 9.97. The average Bonchev–Trinajstić information content (AvgIpc) is 2.16. The fraction of sp³-hybridized carbons (Fsp3) is 1.00. The molecular formula is C12H28N+. The molecule has 2 unspecified atom stereocenters. The average molecular weight is 186 g/mol. The van der Waals surface area contributed by atoms with Gasteiger partial charge in [-0.05, 0) is 24.7 Å². The van der Waals surface area contributed by atoms with Gasteiger partial charge in [-0.3, -0.25) is 0 Å². The first-order valence-corrected chi connectivity index (χ1v) is 6.02. The van der Waals surface area contributed by atoms with E-state index in [2.05, 4.69) is 33.0 Å². The van der Waals surface area contributed by atoms with Crippen LogP contribution in [0.15, 0.2) is 0 Å². The third kappa shape index (κ3) is 8.29. The van der Waals surface area contributed by atoms with Crippen LogP contribution in [-0.4, -0.2) is 13.1 Å². The van der Waals surface area contributed by atoms with Crippen LogP contribution in [0.5, 0.6) is 0 Å². The van der Waals surface area contributed by atoms with Crippen molar-refractivity contribution < 1.29 is 5.32 Å². The molecule has 13 heavy (non-hydrogen) atoms. The number of hydrogen-bond acceptors (Lipinski definition) is 0. The van der Waals surface area contributed by atoms with E-state index in [-0.39, 0.29) is 0 Å². The van der Waals surface area contributed by atoms with Crippen LogP contribution in [0.3, 0.4) is 0 Å². The van der Waals surface area contributed by atoms with Crippen LogP contribution in [0.1, 0.15) is 53.4 Å². The van der Waals surface area contributed by atoms with Crippen molar-refractivity contribution in [2.24, 2.45) is 11.8 Å². The molecule has 0 aromatic rings. The van der Waals surface area contributed by atoms with Crippen molar-refractivity contribution in [1.82, 2.24) is 0 Å². The number of hydrogen-bond donors (Lipinski definition) is 1. The number of nitrogens with two attached hydrogens (primary N) is 1. The summed E-state index contributed by atoms with van der Waals surface area (Å²) in [5, 5.41) is 2.48. The van der Waals surface area contributed by atoms with Crippen LogP contribution in [0.2, 0.25) is 0 Å². The second kappa shape index (κ2) is 8.55. The fourth-order valence-electron chi connectivity index (χ4n) is 1.36. The SMILES string of the molecule is CCC(C)CC[NH2+]CCC(C)CC. The van der Waals surface area contributed by atoms with Gasteiger partial charge in [0.2, 0.25) is 0 Å². The van der Waals surface area contributed by atoms with Crippen LogP contribution in [-0.2, 0) is 0 Å². The summed E-state index contributed by atoms with van der Waals surface area (Å²) < 4.78 is 0. The Hall–Kier alpha value is -0.0400. The predicted molar refractivity (Wildman–Crippen MR) is 59.8 cm³/mol. The Morgan fingerprint density at radius 3 is 1.54 bits per heavy atom. The van der Waals surface area contributed by atoms with Gasteiger partial charge >= 0.3 is 0 Å². The normalized spacial score (nSPS) is 15.7. The Morgan fingerprint density at radius 1 is 0.846 bits per heavy atom. The van der Waals surface area contributed by atoms with Gasteiger partial charge in [-0.15, -0.1) is 0 Å². The molecule has 0 aromatic carbocycles. The van der Waals surface area contributed by atoms with Gasteiger partial charge in [-0.1, -0.05) is 40.5 Å². The first kappa shape index (κ1) is 13.0. The van der Waals surface area contributed by atoms with Crippen molar-refractivity contribution in [2.75, 3.05) is 13.1 Å². The number of quaternary nitrogens is 1. The second-order valence-electron chi connectivity index (χ2n) is 4.47. The molecule has 0 fully saturated rings. The van der Waals surface area contributed by atoms with Gasteiger partial charge in [0.25, 0.3) is 0 Å². The maximum atomic E-state index is 2.48. The summed E-state index contributed by atoms with van der Waals surface area (Å²) in [6.45, 7) is 11.9. The topological polar surface area (TPSA) is 16.6 Å². The second-order valence-corrected chi connectivity index (χ2v) is 4.47. The zero-order valence-corrected chi connectivity index (χ0v) is 9.97. The van der Waals surface area contributed by atoms with Crippen molar-refractivity contribution in [3.8, 4) is 0 Å². The van der Waals surface area contributed by atoms with E-state index in [0.717, 1.165) is 11.8 Å².